The maximum absolute atomic E-state index is 11.2. The number of nitrogens with one attached hydrogen (secondary N) is 2. The smallest absolute Gasteiger partial charge is 0.236 e. The third-order valence-corrected chi connectivity index (χ3v) is 1.87. The molecule has 5 nitrogen and oxygen atoms in total. The van der Waals surface area contributed by atoms with Crippen LogP contribution in [0.5, 0.6) is 0 Å². The number of carbonyl (C=O) groups is 2. The molecule has 5 heteroatoms. The first-order chi connectivity index (χ1) is 6.61. The Balaban J connectivity index is 3.58. The van der Waals surface area contributed by atoms with E-state index in [0.29, 0.717) is 19.4 Å². The van der Waals surface area contributed by atoms with Crippen molar-refractivity contribution < 1.29 is 9.59 Å². The van der Waals surface area contributed by atoms with E-state index in [1.165, 1.54) is 0 Å². The average molecular weight is 201 g/mol. The van der Waals surface area contributed by atoms with Gasteiger partial charge in [0.1, 0.15) is 0 Å². The Kier molecular flexibility index (Phi) is 6.74. The number of amides is 2. The minimum Gasteiger partial charge on any atom is -0.359 e. The average Bonchev–Trinajstić information content (AvgIpc) is 2.17. The number of nitrogens with two attached hydrogens (primary N) is 1. The molecule has 0 aliphatic rings. The Hall–Kier alpha value is -1.10. The van der Waals surface area contributed by atoms with Crippen LogP contribution in [0.4, 0.5) is 0 Å². The highest BCUT2D eigenvalue weighted by atomic mass is 16.2. The van der Waals surface area contributed by atoms with E-state index >= 15 is 0 Å². The molecule has 0 rings (SSSR count). The molecule has 82 valence electrons. The van der Waals surface area contributed by atoms with E-state index in [-0.39, 0.29) is 11.8 Å². The van der Waals surface area contributed by atoms with Crippen LogP contribution in [-0.4, -0.2) is 31.4 Å². The third-order valence-electron chi connectivity index (χ3n) is 1.87. The molecule has 0 radical (unpaired) electrons. The van der Waals surface area contributed by atoms with Crippen molar-refractivity contribution in [2.45, 2.75) is 32.2 Å². The summed E-state index contributed by atoms with van der Waals surface area (Å²) in [6, 6.07) is -0.454. The molecule has 0 aromatic rings. The van der Waals surface area contributed by atoms with E-state index in [2.05, 4.69) is 10.6 Å². The fraction of sp³-hybridized carbons (Fsp3) is 0.778. The van der Waals surface area contributed by atoms with Gasteiger partial charge < -0.3 is 16.4 Å². The molecule has 0 aromatic carbocycles. The molecular formula is C9H19N3O2. The monoisotopic (exact) mass is 201 g/mol. The molecule has 0 unspecified atom stereocenters. The first-order valence-corrected chi connectivity index (χ1v) is 4.85. The summed E-state index contributed by atoms with van der Waals surface area (Å²) in [5.74, 6) is -0.273. The molecule has 0 heterocycles. The lowest BCUT2D eigenvalue weighted by Gasteiger charge is -2.10. The van der Waals surface area contributed by atoms with Crippen LogP contribution in [0.2, 0.25) is 0 Å². The third kappa shape index (κ3) is 5.53. The topological polar surface area (TPSA) is 84.2 Å². The minimum absolute atomic E-state index is 0.0886. The lowest BCUT2D eigenvalue weighted by atomic mass is 10.1. The number of rotatable bonds is 6. The SMILES string of the molecule is CCC[C@H](N)C(=O)NCCC(=O)NC. The summed E-state index contributed by atoms with van der Waals surface area (Å²) in [6.07, 6.45) is 1.84. The van der Waals surface area contributed by atoms with Gasteiger partial charge in [-0.05, 0) is 6.42 Å². The number of hydrogen-bond acceptors (Lipinski definition) is 3. The second-order valence-electron chi connectivity index (χ2n) is 3.11. The zero-order chi connectivity index (χ0) is 11.0. The molecule has 14 heavy (non-hydrogen) atoms. The van der Waals surface area contributed by atoms with Gasteiger partial charge in [-0.2, -0.15) is 0 Å². The highest BCUT2D eigenvalue weighted by Gasteiger charge is 2.11. The lowest BCUT2D eigenvalue weighted by Crippen LogP contribution is -2.41. The van der Waals surface area contributed by atoms with Gasteiger partial charge in [0.15, 0.2) is 0 Å². The van der Waals surface area contributed by atoms with Crippen molar-refractivity contribution in [2.75, 3.05) is 13.6 Å². The molecule has 0 aromatic heterocycles. The second-order valence-corrected chi connectivity index (χ2v) is 3.11. The van der Waals surface area contributed by atoms with Crippen LogP contribution in [0, 0.1) is 0 Å². The van der Waals surface area contributed by atoms with Gasteiger partial charge in [0.2, 0.25) is 11.8 Å². The molecule has 1 atom stereocenters. The summed E-state index contributed by atoms with van der Waals surface area (Å²) in [7, 11) is 1.56. The van der Waals surface area contributed by atoms with E-state index in [9.17, 15) is 9.59 Å². The minimum atomic E-state index is -0.454. The zero-order valence-corrected chi connectivity index (χ0v) is 8.80. The summed E-state index contributed by atoms with van der Waals surface area (Å²) in [4.78, 5) is 22.0. The second kappa shape index (κ2) is 7.32. The van der Waals surface area contributed by atoms with Gasteiger partial charge in [-0.25, -0.2) is 0 Å². The number of carbonyl (C=O) groups excluding carboxylic acids is 2. The van der Waals surface area contributed by atoms with Crippen LogP contribution in [-0.2, 0) is 9.59 Å². The summed E-state index contributed by atoms with van der Waals surface area (Å²) in [5, 5.41) is 5.08. The van der Waals surface area contributed by atoms with E-state index < -0.39 is 6.04 Å². The van der Waals surface area contributed by atoms with E-state index in [4.69, 9.17) is 5.73 Å². The summed E-state index contributed by atoms with van der Waals surface area (Å²) >= 11 is 0. The van der Waals surface area contributed by atoms with Crippen LogP contribution < -0.4 is 16.4 Å². The standard InChI is InChI=1S/C9H19N3O2/c1-3-4-7(10)9(14)12-6-5-8(13)11-2/h7H,3-6,10H2,1-2H3,(H,11,13)(H,12,14)/t7-/m0/s1. The van der Waals surface area contributed by atoms with Gasteiger partial charge in [-0.1, -0.05) is 13.3 Å². The van der Waals surface area contributed by atoms with Crippen molar-refractivity contribution in [3.63, 3.8) is 0 Å². The molecule has 0 saturated carbocycles. The molecule has 0 spiro atoms. The molecule has 0 saturated heterocycles. The van der Waals surface area contributed by atoms with Gasteiger partial charge in [-0.3, -0.25) is 9.59 Å². The maximum Gasteiger partial charge on any atom is 0.236 e. The zero-order valence-electron chi connectivity index (χ0n) is 8.80. The highest BCUT2D eigenvalue weighted by molar-refractivity contribution is 5.82. The van der Waals surface area contributed by atoms with Gasteiger partial charge in [0, 0.05) is 20.0 Å². The Bertz CT molecular complexity index is 194. The Morgan fingerprint density at radius 2 is 2.07 bits per heavy atom. The van der Waals surface area contributed by atoms with E-state index in [1.54, 1.807) is 7.05 Å². The molecule has 0 aliphatic carbocycles. The normalized spacial score (nSPS) is 11.9. The first kappa shape index (κ1) is 12.9. The molecule has 0 aliphatic heterocycles. The quantitative estimate of drug-likeness (QED) is 0.535. The van der Waals surface area contributed by atoms with Gasteiger partial charge in [-0.15, -0.1) is 0 Å². The fourth-order valence-electron chi connectivity index (χ4n) is 0.997. The number of hydrogen-bond donors (Lipinski definition) is 3. The molecule has 4 N–H and O–H groups in total. The summed E-state index contributed by atoms with van der Waals surface area (Å²) in [6.45, 7) is 2.31. The van der Waals surface area contributed by atoms with Crippen LogP contribution in [0.1, 0.15) is 26.2 Å². The fourth-order valence-corrected chi connectivity index (χ4v) is 0.997. The Labute approximate surface area is 84.4 Å². The summed E-state index contributed by atoms with van der Waals surface area (Å²) < 4.78 is 0. The predicted octanol–water partition coefficient (Wildman–Crippen LogP) is -0.634. The van der Waals surface area contributed by atoms with Crippen LogP contribution in [0.15, 0.2) is 0 Å². The molecule has 2 amide bonds. The van der Waals surface area contributed by atoms with Gasteiger partial charge in [0.25, 0.3) is 0 Å². The van der Waals surface area contributed by atoms with Crippen molar-refractivity contribution in [3.8, 4) is 0 Å². The van der Waals surface area contributed by atoms with Gasteiger partial charge >= 0.3 is 0 Å². The van der Waals surface area contributed by atoms with Crippen LogP contribution in [0.25, 0.3) is 0 Å². The Morgan fingerprint density at radius 1 is 1.43 bits per heavy atom. The lowest BCUT2D eigenvalue weighted by molar-refractivity contribution is -0.123. The Morgan fingerprint density at radius 3 is 2.57 bits per heavy atom. The van der Waals surface area contributed by atoms with Crippen molar-refractivity contribution in [1.82, 2.24) is 10.6 Å². The van der Waals surface area contributed by atoms with Gasteiger partial charge in [0.05, 0.1) is 6.04 Å². The van der Waals surface area contributed by atoms with Crippen molar-refractivity contribution in [1.29, 1.82) is 0 Å². The van der Waals surface area contributed by atoms with Crippen molar-refractivity contribution >= 4 is 11.8 Å². The van der Waals surface area contributed by atoms with E-state index in [0.717, 1.165) is 6.42 Å². The molecule has 0 fully saturated rings. The van der Waals surface area contributed by atoms with Crippen LogP contribution >= 0.6 is 0 Å². The first-order valence-electron chi connectivity index (χ1n) is 4.85. The van der Waals surface area contributed by atoms with Crippen molar-refractivity contribution in [2.24, 2.45) is 5.73 Å². The van der Waals surface area contributed by atoms with Crippen molar-refractivity contribution in [3.05, 3.63) is 0 Å². The molecule has 0 bridgehead atoms. The predicted molar refractivity (Wildman–Crippen MR) is 54.6 cm³/mol. The molecular weight excluding hydrogens is 182 g/mol. The van der Waals surface area contributed by atoms with Crippen LogP contribution in [0.3, 0.4) is 0 Å². The summed E-state index contributed by atoms with van der Waals surface area (Å²) in [5.41, 5.74) is 5.56. The largest absolute Gasteiger partial charge is 0.359 e. The maximum atomic E-state index is 11.2. The highest BCUT2D eigenvalue weighted by Crippen LogP contribution is 1.92. The van der Waals surface area contributed by atoms with E-state index in [1.807, 2.05) is 6.92 Å².